The van der Waals surface area contributed by atoms with Gasteiger partial charge in [-0.1, -0.05) is 19.3 Å². The van der Waals surface area contributed by atoms with Gasteiger partial charge in [0.15, 0.2) is 5.82 Å². The summed E-state index contributed by atoms with van der Waals surface area (Å²) in [5, 5.41) is 24.3. The molecule has 0 aliphatic heterocycles. The Labute approximate surface area is 135 Å². The molecule has 0 bridgehead atoms. The van der Waals surface area contributed by atoms with Gasteiger partial charge in [0.25, 0.3) is 0 Å². The third-order valence-electron chi connectivity index (χ3n) is 3.93. The Kier molecular flexibility index (Phi) is 5.87. The molecule has 1 saturated carbocycles. The number of rotatable bonds is 4. The molecule has 22 heavy (non-hydrogen) atoms. The molecule has 1 aromatic heterocycles. The van der Waals surface area contributed by atoms with Crippen LogP contribution >= 0.6 is 12.4 Å². The van der Waals surface area contributed by atoms with E-state index in [0.29, 0.717) is 18.2 Å². The summed E-state index contributed by atoms with van der Waals surface area (Å²) in [6.45, 7) is 0.664. The molecule has 1 aliphatic carbocycles. The van der Waals surface area contributed by atoms with E-state index in [4.69, 9.17) is 5.26 Å². The van der Waals surface area contributed by atoms with Crippen molar-refractivity contribution in [2.45, 2.75) is 44.7 Å². The lowest BCUT2D eigenvalue weighted by atomic mass is 9.95. The first-order chi connectivity index (χ1) is 10.4. The molecule has 7 heteroatoms. The molecule has 1 N–H and O–H groups in total. The predicted octanol–water partition coefficient (Wildman–Crippen LogP) is 2.38. The van der Waals surface area contributed by atoms with Crippen molar-refractivity contribution in [2.75, 3.05) is 0 Å². The summed E-state index contributed by atoms with van der Waals surface area (Å²) in [6.07, 6.45) is 6.43. The fraction of sp³-hybridized carbons (Fsp3) is 0.467. The Morgan fingerprint density at radius 1 is 1.18 bits per heavy atom. The highest BCUT2D eigenvalue weighted by molar-refractivity contribution is 5.85. The number of aromatic nitrogens is 4. The van der Waals surface area contributed by atoms with E-state index < -0.39 is 0 Å². The fourth-order valence-corrected chi connectivity index (χ4v) is 2.74. The highest BCUT2D eigenvalue weighted by atomic mass is 35.5. The van der Waals surface area contributed by atoms with E-state index in [1.165, 1.54) is 32.1 Å². The highest BCUT2D eigenvalue weighted by Gasteiger charge is 2.15. The standard InChI is InChI=1S/C15H18N6.ClH/c16-10-12-6-8-14(9-7-12)21-15(18-19-20-21)11-17-13-4-2-1-3-5-13;/h6-9,13,17H,1-5,11H2;1H. The van der Waals surface area contributed by atoms with Gasteiger partial charge in [-0.25, -0.2) is 0 Å². The van der Waals surface area contributed by atoms with Gasteiger partial charge in [-0.05, 0) is 47.5 Å². The van der Waals surface area contributed by atoms with Gasteiger partial charge in [0, 0.05) is 6.04 Å². The first kappa shape index (κ1) is 16.4. The van der Waals surface area contributed by atoms with Crippen molar-refractivity contribution in [3.8, 4) is 11.8 Å². The van der Waals surface area contributed by atoms with E-state index in [-0.39, 0.29) is 12.4 Å². The molecule has 6 nitrogen and oxygen atoms in total. The number of halogens is 1. The van der Waals surface area contributed by atoms with E-state index in [1.807, 2.05) is 12.1 Å². The van der Waals surface area contributed by atoms with Crippen molar-refractivity contribution in [2.24, 2.45) is 0 Å². The second-order valence-electron chi connectivity index (χ2n) is 5.38. The number of nitriles is 1. The smallest absolute Gasteiger partial charge is 0.170 e. The average Bonchev–Trinajstić information content (AvgIpc) is 3.02. The maximum absolute atomic E-state index is 8.83. The van der Waals surface area contributed by atoms with Crippen molar-refractivity contribution in [3.05, 3.63) is 35.7 Å². The molecular formula is C15H19ClN6. The topological polar surface area (TPSA) is 79.4 Å². The van der Waals surface area contributed by atoms with Crippen LogP contribution in [0.15, 0.2) is 24.3 Å². The third kappa shape index (κ3) is 3.81. The lowest BCUT2D eigenvalue weighted by molar-refractivity contribution is 0.368. The number of tetrazole rings is 1. The minimum absolute atomic E-state index is 0. The predicted molar refractivity (Wildman–Crippen MR) is 84.8 cm³/mol. The number of nitrogens with zero attached hydrogens (tertiary/aromatic N) is 5. The molecule has 0 atom stereocenters. The Hall–Kier alpha value is -1.97. The molecular weight excluding hydrogens is 300 g/mol. The maximum Gasteiger partial charge on any atom is 0.170 e. The molecule has 0 saturated heterocycles. The summed E-state index contributed by atoms with van der Waals surface area (Å²) in [5.41, 5.74) is 1.51. The zero-order valence-corrected chi connectivity index (χ0v) is 13.1. The summed E-state index contributed by atoms with van der Waals surface area (Å²) in [7, 11) is 0. The molecule has 2 aromatic rings. The fourth-order valence-electron chi connectivity index (χ4n) is 2.74. The van der Waals surface area contributed by atoms with E-state index in [0.717, 1.165) is 11.5 Å². The van der Waals surface area contributed by atoms with E-state index in [9.17, 15) is 0 Å². The molecule has 1 aromatic carbocycles. The van der Waals surface area contributed by atoms with E-state index >= 15 is 0 Å². The molecule has 0 amide bonds. The van der Waals surface area contributed by atoms with Crippen LogP contribution in [-0.4, -0.2) is 26.2 Å². The minimum Gasteiger partial charge on any atom is -0.307 e. The van der Waals surface area contributed by atoms with Gasteiger partial charge in [-0.15, -0.1) is 17.5 Å². The normalized spacial score (nSPS) is 15.0. The lowest BCUT2D eigenvalue weighted by Crippen LogP contribution is -2.31. The molecule has 1 fully saturated rings. The Bertz CT molecular complexity index is 624. The molecule has 0 unspecified atom stereocenters. The molecule has 116 valence electrons. The molecule has 0 radical (unpaired) electrons. The van der Waals surface area contributed by atoms with Crippen LogP contribution in [0.3, 0.4) is 0 Å². The summed E-state index contributed by atoms with van der Waals surface area (Å²) >= 11 is 0. The second kappa shape index (κ2) is 7.87. The average molecular weight is 319 g/mol. The van der Waals surface area contributed by atoms with Gasteiger partial charge >= 0.3 is 0 Å². The molecule has 3 rings (SSSR count). The first-order valence-corrected chi connectivity index (χ1v) is 7.38. The third-order valence-corrected chi connectivity index (χ3v) is 3.93. The van der Waals surface area contributed by atoms with Crippen LogP contribution in [0.5, 0.6) is 0 Å². The molecule has 1 heterocycles. The lowest BCUT2D eigenvalue weighted by Gasteiger charge is -2.22. The summed E-state index contributed by atoms with van der Waals surface area (Å²) in [5.74, 6) is 0.797. The number of nitrogens with one attached hydrogen (secondary N) is 1. The van der Waals surface area contributed by atoms with Crippen molar-refractivity contribution in [3.63, 3.8) is 0 Å². The zero-order valence-electron chi connectivity index (χ0n) is 12.3. The number of benzene rings is 1. The number of hydrogen-bond acceptors (Lipinski definition) is 5. The quantitative estimate of drug-likeness (QED) is 0.936. The van der Waals surface area contributed by atoms with Gasteiger partial charge in [0.1, 0.15) is 0 Å². The van der Waals surface area contributed by atoms with Gasteiger partial charge < -0.3 is 5.32 Å². The highest BCUT2D eigenvalue weighted by Crippen LogP contribution is 2.18. The van der Waals surface area contributed by atoms with Crippen molar-refractivity contribution in [1.29, 1.82) is 5.26 Å². The van der Waals surface area contributed by atoms with Crippen LogP contribution in [0, 0.1) is 11.3 Å². The van der Waals surface area contributed by atoms with Crippen molar-refractivity contribution < 1.29 is 0 Å². The molecule has 1 aliphatic rings. The van der Waals surface area contributed by atoms with Gasteiger partial charge in [-0.3, -0.25) is 0 Å². The SMILES string of the molecule is Cl.N#Cc1ccc(-n2nnnc2CNC2CCCCC2)cc1. The van der Waals surface area contributed by atoms with Crippen LogP contribution in [0.2, 0.25) is 0 Å². The summed E-state index contributed by atoms with van der Waals surface area (Å²) < 4.78 is 1.72. The molecule has 0 spiro atoms. The zero-order chi connectivity index (χ0) is 14.5. The largest absolute Gasteiger partial charge is 0.307 e. The van der Waals surface area contributed by atoms with E-state index in [1.54, 1.807) is 16.8 Å². The van der Waals surface area contributed by atoms with Crippen LogP contribution in [0.4, 0.5) is 0 Å². The monoisotopic (exact) mass is 318 g/mol. The van der Waals surface area contributed by atoms with Gasteiger partial charge in [0.05, 0.1) is 23.9 Å². The Morgan fingerprint density at radius 3 is 2.59 bits per heavy atom. The minimum atomic E-state index is 0. The second-order valence-corrected chi connectivity index (χ2v) is 5.38. The van der Waals surface area contributed by atoms with Crippen LogP contribution in [0.1, 0.15) is 43.5 Å². The maximum atomic E-state index is 8.83. The van der Waals surface area contributed by atoms with Crippen molar-refractivity contribution in [1.82, 2.24) is 25.5 Å². The number of hydrogen-bond donors (Lipinski definition) is 1. The van der Waals surface area contributed by atoms with Gasteiger partial charge in [-0.2, -0.15) is 9.94 Å². The van der Waals surface area contributed by atoms with Crippen LogP contribution < -0.4 is 5.32 Å². The van der Waals surface area contributed by atoms with E-state index in [2.05, 4.69) is 26.9 Å². The van der Waals surface area contributed by atoms with Crippen molar-refractivity contribution >= 4 is 12.4 Å². The Balaban J connectivity index is 0.00000176. The Morgan fingerprint density at radius 2 is 1.91 bits per heavy atom. The van der Waals surface area contributed by atoms with Gasteiger partial charge in [0.2, 0.25) is 0 Å². The van der Waals surface area contributed by atoms with Crippen LogP contribution in [0.25, 0.3) is 5.69 Å². The summed E-state index contributed by atoms with van der Waals surface area (Å²) in [4.78, 5) is 0. The first-order valence-electron chi connectivity index (χ1n) is 7.38. The van der Waals surface area contributed by atoms with Crippen LogP contribution in [-0.2, 0) is 6.54 Å². The summed E-state index contributed by atoms with van der Waals surface area (Å²) in [6, 6.07) is 9.95.